The van der Waals surface area contributed by atoms with Gasteiger partial charge in [-0.15, -0.1) is 0 Å². The number of nitrogens with two attached hydrogens (primary N) is 1. The first-order chi connectivity index (χ1) is 8.74. The molecule has 2 nitrogen and oxygen atoms in total. The molecule has 3 heteroatoms. The van der Waals surface area contributed by atoms with E-state index in [2.05, 4.69) is 45.8 Å². The zero-order valence-electron chi connectivity index (χ0n) is 10.7. The molecule has 1 aliphatic rings. The highest BCUT2D eigenvalue weighted by molar-refractivity contribution is 9.10. The fourth-order valence-corrected chi connectivity index (χ4v) is 3.67. The van der Waals surface area contributed by atoms with Crippen molar-refractivity contribution in [3.8, 4) is 0 Å². The maximum atomic E-state index is 5.93. The van der Waals surface area contributed by atoms with E-state index in [0.29, 0.717) is 5.92 Å². The van der Waals surface area contributed by atoms with Crippen LogP contribution in [0.25, 0.3) is 10.9 Å². The quantitative estimate of drug-likeness (QED) is 0.918. The third-order valence-electron chi connectivity index (χ3n) is 4.11. The minimum Gasteiger partial charge on any atom is -0.347 e. The molecule has 1 aliphatic heterocycles. The zero-order valence-corrected chi connectivity index (χ0v) is 12.3. The second kappa shape index (κ2) is 4.71. The van der Waals surface area contributed by atoms with Crippen molar-refractivity contribution < 1.29 is 0 Å². The van der Waals surface area contributed by atoms with Crippen molar-refractivity contribution in [2.45, 2.75) is 38.6 Å². The van der Waals surface area contributed by atoms with Crippen molar-refractivity contribution in [3.63, 3.8) is 0 Å². The molecule has 0 fully saturated rings. The van der Waals surface area contributed by atoms with Crippen molar-refractivity contribution in [1.29, 1.82) is 0 Å². The Morgan fingerprint density at radius 2 is 2.28 bits per heavy atom. The summed E-state index contributed by atoms with van der Waals surface area (Å²) in [5, 5.41) is 1.40. The summed E-state index contributed by atoms with van der Waals surface area (Å²) < 4.78 is 3.62. The maximum Gasteiger partial charge on any atom is 0.0516 e. The molecule has 2 N–H and O–H groups in total. The molecule has 0 amide bonds. The minimum atomic E-state index is 0.481. The summed E-state index contributed by atoms with van der Waals surface area (Å²) in [6.45, 7) is 4.10. The first kappa shape index (κ1) is 12.2. The zero-order chi connectivity index (χ0) is 12.7. The number of hydrogen-bond donors (Lipinski definition) is 1. The molecule has 18 heavy (non-hydrogen) atoms. The van der Waals surface area contributed by atoms with Gasteiger partial charge in [-0.2, -0.15) is 0 Å². The van der Waals surface area contributed by atoms with Crippen molar-refractivity contribution in [2.24, 2.45) is 5.73 Å². The van der Waals surface area contributed by atoms with E-state index in [4.69, 9.17) is 5.73 Å². The van der Waals surface area contributed by atoms with Gasteiger partial charge in [0, 0.05) is 22.6 Å². The SMILES string of the molecule is CCC(CN)c1cn2c3c(cc(Br)cc13)CCC2. The summed E-state index contributed by atoms with van der Waals surface area (Å²) in [5.41, 5.74) is 10.3. The van der Waals surface area contributed by atoms with Gasteiger partial charge in [-0.3, -0.25) is 0 Å². The number of hydrogen-bond acceptors (Lipinski definition) is 1. The Balaban J connectivity index is 2.28. The number of aryl methyl sites for hydroxylation is 2. The summed E-state index contributed by atoms with van der Waals surface area (Å²) >= 11 is 3.64. The van der Waals surface area contributed by atoms with E-state index in [9.17, 15) is 0 Å². The van der Waals surface area contributed by atoms with Crippen molar-refractivity contribution in [3.05, 3.63) is 33.9 Å². The monoisotopic (exact) mass is 306 g/mol. The third kappa shape index (κ3) is 1.81. The van der Waals surface area contributed by atoms with Crippen molar-refractivity contribution in [2.75, 3.05) is 6.54 Å². The molecule has 0 radical (unpaired) electrons. The summed E-state index contributed by atoms with van der Waals surface area (Å²) in [6.07, 6.45) is 5.88. The molecular formula is C15H19BrN2. The van der Waals surface area contributed by atoms with Crippen molar-refractivity contribution in [1.82, 2.24) is 4.57 Å². The molecule has 3 rings (SSSR count). The second-order valence-corrected chi connectivity index (χ2v) is 6.10. The van der Waals surface area contributed by atoms with Gasteiger partial charge in [0.1, 0.15) is 0 Å². The Morgan fingerprint density at radius 1 is 1.44 bits per heavy atom. The molecule has 0 aliphatic carbocycles. The second-order valence-electron chi connectivity index (χ2n) is 5.18. The van der Waals surface area contributed by atoms with E-state index in [1.54, 1.807) is 0 Å². The molecule has 1 unspecified atom stereocenters. The van der Waals surface area contributed by atoms with E-state index in [-0.39, 0.29) is 0 Å². The molecule has 2 heterocycles. The summed E-state index contributed by atoms with van der Waals surface area (Å²) in [4.78, 5) is 0. The minimum absolute atomic E-state index is 0.481. The largest absolute Gasteiger partial charge is 0.347 e. The summed E-state index contributed by atoms with van der Waals surface area (Å²) in [7, 11) is 0. The predicted octanol–water partition coefficient (Wildman–Crippen LogP) is 3.80. The van der Waals surface area contributed by atoms with Crippen LogP contribution in [0.4, 0.5) is 0 Å². The lowest BCUT2D eigenvalue weighted by atomic mass is 9.95. The van der Waals surface area contributed by atoms with Crippen LogP contribution in [0.1, 0.15) is 36.8 Å². The Bertz CT molecular complexity index is 582. The van der Waals surface area contributed by atoms with E-state index >= 15 is 0 Å². The molecular weight excluding hydrogens is 288 g/mol. The Hall–Kier alpha value is -0.800. The maximum absolute atomic E-state index is 5.93. The van der Waals surface area contributed by atoms with E-state index < -0.39 is 0 Å². The summed E-state index contributed by atoms with van der Waals surface area (Å²) in [5.74, 6) is 0.481. The third-order valence-corrected chi connectivity index (χ3v) is 4.57. The smallest absolute Gasteiger partial charge is 0.0516 e. The lowest BCUT2D eigenvalue weighted by molar-refractivity contribution is 0.626. The first-order valence-electron chi connectivity index (χ1n) is 6.75. The van der Waals surface area contributed by atoms with E-state index in [1.165, 1.54) is 39.3 Å². The molecule has 0 saturated carbocycles. The molecule has 1 aromatic carbocycles. The van der Waals surface area contributed by atoms with E-state index in [0.717, 1.165) is 19.5 Å². The lowest BCUT2D eigenvalue weighted by Crippen LogP contribution is -2.11. The Labute approximate surface area is 116 Å². The first-order valence-corrected chi connectivity index (χ1v) is 7.55. The summed E-state index contributed by atoms with van der Waals surface area (Å²) in [6, 6.07) is 4.53. The molecule has 2 aromatic rings. The lowest BCUT2D eigenvalue weighted by Gasteiger charge is -2.15. The van der Waals surface area contributed by atoms with Gasteiger partial charge in [-0.1, -0.05) is 22.9 Å². The number of rotatable bonds is 3. The van der Waals surface area contributed by atoms with E-state index in [1.807, 2.05) is 0 Å². The number of halogens is 1. The van der Waals surface area contributed by atoms with Gasteiger partial charge >= 0.3 is 0 Å². The van der Waals surface area contributed by atoms with Gasteiger partial charge in [0.05, 0.1) is 5.52 Å². The Morgan fingerprint density at radius 3 is 3.00 bits per heavy atom. The number of benzene rings is 1. The van der Waals surface area contributed by atoms with Crippen LogP contribution >= 0.6 is 15.9 Å². The highest BCUT2D eigenvalue weighted by Crippen LogP contribution is 2.36. The van der Waals surface area contributed by atoms with Crippen LogP contribution in [0.2, 0.25) is 0 Å². The average molecular weight is 307 g/mol. The van der Waals surface area contributed by atoms with Crippen LogP contribution in [0.5, 0.6) is 0 Å². The fourth-order valence-electron chi connectivity index (χ4n) is 3.16. The van der Waals surface area contributed by atoms with Gasteiger partial charge < -0.3 is 10.3 Å². The predicted molar refractivity (Wildman–Crippen MR) is 80.0 cm³/mol. The molecule has 0 saturated heterocycles. The highest BCUT2D eigenvalue weighted by atomic mass is 79.9. The van der Waals surface area contributed by atoms with Gasteiger partial charge in [0.2, 0.25) is 0 Å². The Kier molecular flexibility index (Phi) is 3.20. The van der Waals surface area contributed by atoms with Gasteiger partial charge in [-0.05, 0) is 55.0 Å². The highest BCUT2D eigenvalue weighted by Gasteiger charge is 2.20. The molecule has 0 bridgehead atoms. The average Bonchev–Trinajstić information content (AvgIpc) is 2.72. The molecule has 1 atom stereocenters. The normalized spacial score (nSPS) is 16.2. The molecule has 0 spiro atoms. The van der Waals surface area contributed by atoms with Crippen LogP contribution in [0.3, 0.4) is 0 Å². The van der Waals surface area contributed by atoms with Gasteiger partial charge in [0.25, 0.3) is 0 Å². The molecule has 1 aromatic heterocycles. The number of aromatic nitrogens is 1. The topological polar surface area (TPSA) is 30.9 Å². The standard InChI is InChI=1S/C15H19BrN2/c1-2-10(8-17)14-9-18-5-3-4-11-6-12(16)7-13(14)15(11)18/h6-7,9-10H,2-5,8,17H2,1H3. The van der Waals surface area contributed by atoms with Crippen LogP contribution < -0.4 is 5.73 Å². The van der Waals surface area contributed by atoms with Gasteiger partial charge in [0.15, 0.2) is 0 Å². The van der Waals surface area contributed by atoms with Crippen molar-refractivity contribution >= 4 is 26.8 Å². The van der Waals surface area contributed by atoms with Crippen LogP contribution in [-0.4, -0.2) is 11.1 Å². The van der Waals surface area contributed by atoms with Crippen LogP contribution in [0.15, 0.2) is 22.8 Å². The van der Waals surface area contributed by atoms with Crippen LogP contribution in [-0.2, 0) is 13.0 Å². The fraction of sp³-hybridized carbons (Fsp3) is 0.467. The van der Waals surface area contributed by atoms with Gasteiger partial charge in [-0.25, -0.2) is 0 Å². The number of nitrogens with zero attached hydrogens (tertiary/aromatic N) is 1. The molecule has 96 valence electrons. The van der Waals surface area contributed by atoms with Crippen LogP contribution in [0, 0.1) is 0 Å².